The maximum Gasteiger partial charge on any atom is 0.485 e. The van der Waals surface area contributed by atoms with E-state index >= 15 is 0 Å². The van der Waals surface area contributed by atoms with E-state index in [9.17, 15) is 0 Å². The molecule has 0 radical (unpaired) electrons. The molecule has 0 bridgehead atoms. The summed E-state index contributed by atoms with van der Waals surface area (Å²) in [5.41, 5.74) is 1.48. The second-order valence-electron chi connectivity index (χ2n) is 3.33. The zero-order valence-electron chi connectivity index (χ0n) is 8.78. The summed E-state index contributed by atoms with van der Waals surface area (Å²) >= 11 is 0. The van der Waals surface area contributed by atoms with Crippen molar-refractivity contribution in [2.75, 3.05) is 0 Å². The van der Waals surface area contributed by atoms with E-state index in [2.05, 4.69) is 18.8 Å². The molecule has 0 aliphatic rings. The topological polar surface area (TPSA) is 52.8 Å². The van der Waals surface area contributed by atoms with Crippen LogP contribution in [0.2, 0.25) is 0 Å². The molecule has 0 saturated carbocycles. The van der Waals surface area contributed by atoms with Crippen LogP contribution in [0.1, 0.15) is 34.1 Å². The van der Waals surface area contributed by atoms with Crippen LogP contribution < -0.4 is 0 Å². The monoisotopic (exact) mass is 183 g/mol. The Morgan fingerprint density at radius 1 is 1.46 bits per heavy atom. The number of aliphatic imine (C=N–C) groups is 1. The molecule has 0 aliphatic heterocycles. The van der Waals surface area contributed by atoms with E-state index < -0.39 is 7.12 Å². The lowest BCUT2D eigenvalue weighted by Crippen LogP contribution is -2.13. The van der Waals surface area contributed by atoms with Crippen molar-refractivity contribution in [1.29, 1.82) is 0 Å². The van der Waals surface area contributed by atoms with Crippen LogP contribution in [0, 0.1) is 5.92 Å². The van der Waals surface area contributed by atoms with E-state index in [0.29, 0.717) is 11.4 Å². The largest absolute Gasteiger partial charge is 0.485 e. The van der Waals surface area contributed by atoms with Gasteiger partial charge in [-0.3, -0.25) is 4.99 Å². The van der Waals surface area contributed by atoms with Crippen molar-refractivity contribution in [2.24, 2.45) is 10.9 Å². The van der Waals surface area contributed by atoms with Gasteiger partial charge in [0.05, 0.1) is 0 Å². The molecule has 0 aromatic rings. The molecule has 0 aromatic heterocycles. The summed E-state index contributed by atoms with van der Waals surface area (Å²) in [4.78, 5) is 4.15. The average molecular weight is 183 g/mol. The highest BCUT2D eigenvalue weighted by molar-refractivity contribution is 6.50. The number of hydrogen-bond donors (Lipinski definition) is 2. The molecule has 0 saturated heterocycles. The molecule has 2 N–H and O–H groups in total. The Balaban J connectivity index is 4.32. The minimum Gasteiger partial charge on any atom is -0.423 e. The maximum absolute atomic E-state index is 8.75. The SMILES string of the molecule is CCC(C)C(C)=N/C=C(\C)B(O)O. The maximum atomic E-state index is 8.75. The Morgan fingerprint density at radius 3 is 2.38 bits per heavy atom. The van der Waals surface area contributed by atoms with Gasteiger partial charge >= 0.3 is 7.12 Å². The minimum absolute atomic E-state index is 0.444. The summed E-state index contributed by atoms with van der Waals surface area (Å²) in [5.74, 6) is 0.444. The standard InChI is InChI=1S/C9H18BNO2/c1-5-7(2)9(4)11-6-8(3)10(12)13/h6-7,12-13H,5H2,1-4H3/b8-6+,11-9?. The first-order valence-electron chi connectivity index (χ1n) is 4.56. The van der Waals surface area contributed by atoms with Crippen molar-refractivity contribution in [3.8, 4) is 0 Å². The number of rotatable bonds is 4. The van der Waals surface area contributed by atoms with Crippen molar-refractivity contribution in [2.45, 2.75) is 34.1 Å². The second kappa shape index (κ2) is 5.94. The van der Waals surface area contributed by atoms with Crippen LogP contribution in [-0.2, 0) is 0 Å². The molecule has 0 amide bonds. The van der Waals surface area contributed by atoms with Gasteiger partial charge in [0, 0.05) is 11.9 Å². The normalized spacial score (nSPS) is 15.8. The number of hydrogen-bond acceptors (Lipinski definition) is 3. The Bertz CT molecular complexity index is 212. The zero-order valence-corrected chi connectivity index (χ0v) is 8.78. The third-order valence-corrected chi connectivity index (χ3v) is 2.20. The lowest BCUT2D eigenvalue weighted by Gasteiger charge is -2.06. The summed E-state index contributed by atoms with van der Waals surface area (Å²) < 4.78 is 0. The fourth-order valence-electron chi connectivity index (χ4n) is 0.693. The van der Waals surface area contributed by atoms with E-state index in [-0.39, 0.29) is 0 Å². The molecule has 0 spiro atoms. The Kier molecular flexibility index (Phi) is 5.67. The van der Waals surface area contributed by atoms with Gasteiger partial charge in [0.1, 0.15) is 0 Å². The molecule has 1 unspecified atom stereocenters. The molecule has 4 heteroatoms. The van der Waals surface area contributed by atoms with Crippen LogP contribution in [0.5, 0.6) is 0 Å². The molecular weight excluding hydrogens is 165 g/mol. The van der Waals surface area contributed by atoms with Gasteiger partial charge < -0.3 is 10.0 Å². The lowest BCUT2D eigenvalue weighted by molar-refractivity contribution is 0.419. The zero-order chi connectivity index (χ0) is 10.4. The van der Waals surface area contributed by atoms with Gasteiger partial charge in [-0.15, -0.1) is 0 Å². The van der Waals surface area contributed by atoms with Gasteiger partial charge in [-0.05, 0) is 31.7 Å². The van der Waals surface area contributed by atoms with Gasteiger partial charge in [0.15, 0.2) is 0 Å². The van der Waals surface area contributed by atoms with Crippen LogP contribution >= 0.6 is 0 Å². The molecule has 1 atom stereocenters. The molecule has 74 valence electrons. The first kappa shape index (κ1) is 12.4. The molecule has 0 aliphatic carbocycles. The van der Waals surface area contributed by atoms with E-state index in [0.717, 1.165) is 12.1 Å². The molecule has 0 aromatic carbocycles. The van der Waals surface area contributed by atoms with Gasteiger partial charge in [-0.25, -0.2) is 0 Å². The number of nitrogens with zero attached hydrogens (tertiary/aromatic N) is 1. The third kappa shape index (κ3) is 4.85. The van der Waals surface area contributed by atoms with Crippen molar-refractivity contribution in [3.63, 3.8) is 0 Å². The average Bonchev–Trinajstić information content (AvgIpc) is 2.11. The molecular formula is C9H18BNO2. The predicted octanol–water partition coefficient (Wildman–Crippen LogP) is 1.41. The van der Waals surface area contributed by atoms with Gasteiger partial charge in [0.2, 0.25) is 0 Å². The minimum atomic E-state index is -1.39. The molecule has 3 nitrogen and oxygen atoms in total. The summed E-state index contributed by atoms with van der Waals surface area (Å²) in [6.07, 6.45) is 2.55. The van der Waals surface area contributed by atoms with Crippen molar-refractivity contribution in [3.05, 3.63) is 11.7 Å². The highest BCUT2D eigenvalue weighted by atomic mass is 16.4. The molecule has 0 rings (SSSR count). The fourth-order valence-corrected chi connectivity index (χ4v) is 0.693. The first-order chi connectivity index (χ1) is 5.99. The van der Waals surface area contributed by atoms with Gasteiger partial charge in [-0.1, -0.05) is 13.8 Å². The van der Waals surface area contributed by atoms with Gasteiger partial charge in [-0.2, -0.15) is 0 Å². The fraction of sp³-hybridized carbons (Fsp3) is 0.667. The van der Waals surface area contributed by atoms with Crippen molar-refractivity contribution < 1.29 is 10.0 Å². The van der Waals surface area contributed by atoms with Gasteiger partial charge in [0.25, 0.3) is 0 Å². The third-order valence-electron chi connectivity index (χ3n) is 2.20. The Morgan fingerprint density at radius 2 is 2.00 bits per heavy atom. The smallest absolute Gasteiger partial charge is 0.423 e. The molecule has 0 fully saturated rings. The van der Waals surface area contributed by atoms with Crippen LogP contribution in [0.25, 0.3) is 0 Å². The Labute approximate surface area is 80.3 Å². The second-order valence-corrected chi connectivity index (χ2v) is 3.33. The van der Waals surface area contributed by atoms with Crippen LogP contribution in [-0.4, -0.2) is 22.9 Å². The molecule has 0 heterocycles. The van der Waals surface area contributed by atoms with E-state index in [1.54, 1.807) is 6.92 Å². The van der Waals surface area contributed by atoms with Crippen molar-refractivity contribution >= 4 is 12.8 Å². The summed E-state index contributed by atoms with van der Waals surface area (Å²) in [5, 5.41) is 17.5. The summed E-state index contributed by atoms with van der Waals surface area (Å²) in [6.45, 7) is 7.78. The van der Waals surface area contributed by atoms with E-state index in [1.165, 1.54) is 6.20 Å². The van der Waals surface area contributed by atoms with Crippen molar-refractivity contribution in [1.82, 2.24) is 0 Å². The van der Waals surface area contributed by atoms with Crippen LogP contribution in [0.3, 0.4) is 0 Å². The van der Waals surface area contributed by atoms with Crippen LogP contribution in [0.4, 0.5) is 0 Å². The predicted molar refractivity (Wildman–Crippen MR) is 56.5 cm³/mol. The summed E-state index contributed by atoms with van der Waals surface area (Å²) in [6, 6.07) is 0. The highest BCUT2D eigenvalue weighted by Gasteiger charge is 2.08. The van der Waals surface area contributed by atoms with Crippen LogP contribution in [0.15, 0.2) is 16.7 Å². The lowest BCUT2D eigenvalue weighted by atomic mass is 9.81. The van der Waals surface area contributed by atoms with E-state index in [1.807, 2.05) is 6.92 Å². The first-order valence-corrected chi connectivity index (χ1v) is 4.56. The highest BCUT2D eigenvalue weighted by Crippen LogP contribution is 2.04. The molecule has 13 heavy (non-hydrogen) atoms. The Hall–Kier alpha value is -0.605. The summed E-state index contributed by atoms with van der Waals surface area (Å²) in [7, 11) is -1.39. The van der Waals surface area contributed by atoms with E-state index in [4.69, 9.17) is 10.0 Å². The number of allylic oxidation sites excluding steroid dienone is 1. The quantitative estimate of drug-likeness (QED) is 0.511.